The zero-order valence-corrected chi connectivity index (χ0v) is 12.2. The molecule has 0 bridgehead atoms. The molecular weight excluding hydrogens is 290 g/mol. The van der Waals surface area contributed by atoms with Gasteiger partial charge >= 0.3 is 0 Å². The molecule has 2 rings (SSSR count). The van der Waals surface area contributed by atoms with E-state index >= 15 is 0 Å². The van der Waals surface area contributed by atoms with Crippen molar-refractivity contribution in [2.24, 2.45) is 0 Å². The van der Waals surface area contributed by atoms with Gasteiger partial charge in [-0.3, -0.25) is 9.59 Å². The molecule has 1 aromatic carbocycles. The van der Waals surface area contributed by atoms with Crippen molar-refractivity contribution in [3.05, 3.63) is 35.1 Å². The minimum atomic E-state index is -0.827. The highest BCUT2D eigenvalue weighted by molar-refractivity contribution is 6.08. The van der Waals surface area contributed by atoms with Crippen molar-refractivity contribution >= 4 is 11.7 Å². The Bertz CT molecular complexity index is 651. The first-order valence-electron chi connectivity index (χ1n) is 6.65. The summed E-state index contributed by atoms with van der Waals surface area (Å²) < 4.78 is 5.02. The van der Waals surface area contributed by atoms with Crippen molar-refractivity contribution in [1.29, 1.82) is 0 Å². The molecule has 7 nitrogen and oxygen atoms in total. The van der Waals surface area contributed by atoms with Crippen LogP contribution in [0.2, 0.25) is 0 Å². The number of phenolic OH excluding ortho intramolecular Hbond substituents is 1. The number of ether oxygens (including phenoxy) is 1. The fraction of sp³-hybridized carbons (Fsp3) is 0.333. The van der Waals surface area contributed by atoms with Crippen molar-refractivity contribution in [1.82, 2.24) is 4.90 Å². The van der Waals surface area contributed by atoms with Crippen LogP contribution in [0.4, 0.5) is 0 Å². The summed E-state index contributed by atoms with van der Waals surface area (Å²) in [7, 11) is 1.38. The molecule has 0 saturated heterocycles. The zero-order chi connectivity index (χ0) is 16.4. The van der Waals surface area contributed by atoms with Gasteiger partial charge in [-0.1, -0.05) is 6.07 Å². The number of rotatable bonds is 5. The molecule has 0 aromatic heterocycles. The third kappa shape index (κ3) is 2.50. The molecule has 22 heavy (non-hydrogen) atoms. The van der Waals surface area contributed by atoms with E-state index in [1.807, 2.05) is 0 Å². The number of phenols is 1. The molecule has 3 N–H and O–H groups in total. The number of aromatic hydroxyl groups is 1. The summed E-state index contributed by atoms with van der Waals surface area (Å²) in [5.41, 5.74) is 0.455. The zero-order valence-electron chi connectivity index (χ0n) is 12.2. The lowest BCUT2D eigenvalue weighted by Crippen LogP contribution is -2.33. The van der Waals surface area contributed by atoms with Crippen molar-refractivity contribution in [3.63, 3.8) is 0 Å². The SMILES string of the molecule is COc1cc([C@@H]2C(C(C)=O)=C(O)C(=O)N2CCO)ccc1O. The number of carbonyl (C=O) groups excluding carboxylic acids is 2. The molecule has 1 amide bonds. The average molecular weight is 307 g/mol. The smallest absolute Gasteiger partial charge is 0.290 e. The molecule has 0 fully saturated rings. The van der Waals surface area contributed by atoms with Crippen LogP contribution in [0, 0.1) is 0 Å². The summed E-state index contributed by atoms with van der Waals surface area (Å²) in [5.74, 6) is -1.66. The van der Waals surface area contributed by atoms with Gasteiger partial charge in [0.25, 0.3) is 5.91 Å². The van der Waals surface area contributed by atoms with Gasteiger partial charge in [-0.05, 0) is 24.6 Å². The first kappa shape index (κ1) is 15.8. The van der Waals surface area contributed by atoms with Crippen LogP contribution < -0.4 is 4.74 Å². The molecule has 1 aromatic rings. The monoisotopic (exact) mass is 307 g/mol. The largest absolute Gasteiger partial charge is 0.504 e. The number of nitrogens with zero attached hydrogens (tertiary/aromatic N) is 1. The van der Waals surface area contributed by atoms with Gasteiger partial charge in [-0.2, -0.15) is 0 Å². The topological polar surface area (TPSA) is 107 Å². The predicted octanol–water partition coefficient (Wildman–Crippen LogP) is 0.677. The van der Waals surface area contributed by atoms with E-state index in [0.717, 1.165) is 0 Å². The van der Waals surface area contributed by atoms with Crippen LogP contribution in [0.15, 0.2) is 29.5 Å². The molecule has 0 aliphatic carbocycles. The van der Waals surface area contributed by atoms with Crippen LogP contribution in [0.25, 0.3) is 0 Å². The van der Waals surface area contributed by atoms with Gasteiger partial charge in [0.2, 0.25) is 0 Å². The van der Waals surface area contributed by atoms with Crippen molar-refractivity contribution < 1.29 is 29.6 Å². The Morgan fingerprint density at radius 1 is 1.36 bits per heavy atom. The highest BCUT2D eigenvalue weighted by Crippen LogP contribution is 2.40. The minimum absolute atomic E-state index is 0.0342. The Hall–Kier alpha value is -2.54. The van der Waals surface area contributed by atoms with Gasteiger partial charge in [0.15, 0.2) is 23.0 Å². The van der Waals surface area contributed by atoms with E-state index in [1.54, 1.807) is 0 Å². The standard InChI is InChI=1S/C15H17NO6/c1-8(18)12-13(16(5-6-17)15(21)14(12)20)9-3-4-10(19)11(7-9)22-2/h3-4,7,13,17,19-20H,5-6H2,1-2H3/t13-/m1/s1. The van der Waals surface area contributed by atoms with E-state index in [9.17, 15) is 19.8 Å². The second-order valence-electron chi connectivity index (χ2n) is 4.87. The number of ketones is 1. The lowest BCUT2D eigenvalue weighted by atomic mass is 9.96. The van der Waals surface area contributed by atoms with Gasteiger partial charge in [-0.15, -0.1) is 0 Å². The first-order valence-corrected chi connectivity index (χ1v) is 6.65. The quantitative estimate of drug-likeness (QED) is 0.738. The molecule has 1 atom stereocenters. The number of amides is 1. The van der Waals surface area contributed by atoms with Crippen molar-refractivity contribution in [2.45, 2.75) is 13.0 Å². The lowest BCUT2D eigenvalue weighted by molar-refractivity contribution is -0.129. The average Bonchev–Trinajstić information content (AvgIpc) is 2.73. The van der Waals surface area contributed by atoms with Crippen LogP contribution in [0.5, 0.6) is 11.5 Å². The third-order valence-electron chi connectivity index (χ3n) is 3.54. The number of aliphatic hydroxyl groups is 2. The van der Waals surface area contributed by atoms with Gasteiger partial charge in [-0.25, -0.2) is 0 Å². The number of hydrogen-bond acceptors (Lipinski definition) is 6. The second kappa shape index (κ2) is 6.07. The van der Waals surface area contributed by atoms with E-state index in [4.69, 9.17) is 9.84 Å². The van der Waals surface area contributed by atoms with Crippen LogP contribution in [0.1, 0.15) is 18.5 Å². The van der Waals surface area contributed by atoms with Crippen LogP contribution in [0.3, 0.4) is 0 Å². The van der Waals surface area contributed by atoms with Crippen LogP contribution >= 0.6 is 0 Å². The molecule has 1 heterocycles. The predicted molar refractivity (Wildman–Crippen MR) is 76.5 cm³/mol. The Balaban J connectivity index is 2.57. The lowest BCUT2D eigenvalue weighted by Gasteiger charge is -2.26. The van der Waals surface area contributed by atoms with E-state index in [-0.39, 0.29) is 30.2 Å². The Kier molecular flexibility index (Phi) is 4.37. The van der Waals surface area contributed by atoms with Gasteiger partial charge in [0.05, 0.1) is 25.3 Å². The summed E-state index contributed by atoms with van der Waals surface area (Å²) in [4.78, 5) is 25.1. The Morgan fingerprint density at radius 2 is 2.05 bits per heavy atom. The summed E-state index contributed by atoms with van der Waals surface area (Å²) in [6.07, 6.45) is 0. The molecule has 0 radical (unpaired) electrons. The maximum Gasteiger partial charge on any atom is 0.290 e. The number of hydrogen-bond donors (Lipinski definition) is 3. The number of benzene rings is 1. The van der Waals surface area contributed by atoms with E-state index in [0.29, 0.717) is 5.56 Å². The van der Waals surface area contributed by atoms with Crippen molar-refractivity contribution in [2.75, 3.05) is 20.3 Å². The number of β-amino-alcohol motifs (C(OH)–C–C–N with tert-alkyl or cyclic N) is 1. The fourth-order valence-corrected chi connectivity index (χ4v) is 2.56. The molecule has 0 spiro atoms. The van der Waals surface area contributed by atoms with Crippen LogP contribution in [-0.4, -0.2) is 52.2 Å². The van der Waals surface area contributed by atoms with Crippen molar-refractivity contribution in [3.8, 4) is 11.5 Å². The first-order chi connectivity index (χ1) is 10.4. The summed E-state index contributed by atoms with van der Waals surface area (Å²) in [6, 6.07) is 3.57. The van der Waals surface area contributed by atoms with E-state index < -0.39 is 23.5 Å². The normalized spacial score (nSPS) is 18.0. The molecule has 1 aliphatic heterocycles. The maximum absolute atomic E-state index is 12.1. The maximum atomic E-state index is 12.1. The molecule has 7 heteroatoms. The molecule has 0 unspecified atom stereocenters. The number of aliphatic hydroxyl groups excluding tert-OH is 2. The van der Waals surface area contributed by atoms with Gasteiger partial charge in [0, 0.05) is 6.54 Å². The highest BCUT2D eigenvalue weighted by atomic mass is 16.5. The summed E-state index contributed by atoms with van der Waals surface area (Å²) in [6.45, 7) is 0.912. The van der Waals surface area contributed by atoms with Gasteiger partial charge < -0.3 is 25.0 Å². The minimum Gasteiger partial charge on any atom is -0.504 e. The Labute approximate surface area is 127 Å². The number of methoxy groups -OCH3 is 1. The fourth-order valence-electron chi connectivity index (χ4n) is 2.56. The summed E-state index contributed by atoms with van der Waals surface area (Å²) >= 11 is 0. The highest BCUT2D eigenvalue weighted by Gasteiger charge is 2.42. The van der Waals surface area contributed by atoms with Gasteiger partial charge in [0.1, 0.15) is 0 Å². The van der Waals surface area contributed by atoms with E-state index in [1.165, 1.54) is 37.1 Å². The Morgan fingerprint density at radius 3 is 2.59 bits per heavy atom. The number of carbonyl (C=O) groups is 2. The number of Topliss-reactive ketones (excluding diaryl/α,β-unsaturated/α-hetero) is 1. The second-order valence-corrected chi connectivity index (χ2v) is 4.87. The third-order valence-corrected chi connectivity index (χ3v) is 3.54. The molecule has 118 valence electrons. The molecule has 0 saturated carbocycles. The van der Waals surface area contributed by atoms with E-state index in [2.05, 4.69) is 0 Å². The van der Waals surface area contributed by atoms with Crippen LogP contribution in [-0.2, 0) is 9.59 Å². The summed E-state index contributed by atoms with van der Waals surface area (Å²) in [5, 5.41) is 28.7. The molecular formula is C15H17NO6. The molecule has 1 aliphatic rings.